The molecule has 0 aromatic heterocycles. The van der Waals surface area contributed by atoms with Crippen molar-refractivity contribution in [1.29, 1.82) is 0 Å². The molecule has 0 aliphatic carbocycles. The molecule has 1 aromatic rings. The van der Waals surface area contributed by atoms with Crippen LogP contribution in [0.15, 0.2) is 23.3 Å². The largest absolute Gasteiger partial charge is 0.352 e. The van der Waals surface area contributed by atoms with Crippen molar-refractivity contribution >= 4 is 11.6 Å². The number of carbonyl (C=O) groups excluding carboxylic acids is 1. The Balaban J connectivity index is 2.53. The first-order valence-corrected chi connectivity index (χ1v) is 6.10. The first kappa shape index (κ1) is 15.5. The zero-order chi connectivity index (χ0) is 15.0. The van der Waals surface area contributed by atoms with Gasteiger partial charge in [-0.1, -0.05) is 11.2 Å². The van der Waals surface area contributed by atoms with E-state index < -0.39 is 4.92 Å². The van der Waals surface area contributed by atoms with Gasteiger partial charge < -0.3 is 5.32 Å². The number of carbonyl (C=O) groups is 1. The van der Waals surface area contributed by atoms with Crippen LogP contribution in [0.3, 0.4) is 0 Å². The van der Waals surface area contributed by atoms with Crippen LogP contribution in [0.25, 0.3) is 10.4 Å². The summed E-state index contributed by atoms with van der Waals surface area (Å²) in [5.74, 6) is -0.350. The van der Waals surface area contributed by atoms with Crippen LogP contribution in [0.4, 0.5) is 5.69 Å². The number of rotatable bonds is 7. The summed E-state index contributed by atoms with van der Waals surface area (Å²) < 4.78 is 0. The van der Waals surface area contributed by atoms with E-state index in [4.69, 9.17) is 5.53 Å². The van der Waals surface area contributed by atoms with Crippen LogP contribution in [0, 0.1) is 17.0 Å². The second-order valence-corrected chi connectivity index (χ2v) is 4.18. The molecule has 1 rings (SSSR count). The molecule has 106 valence electrons. The van der Waals surface area contributed by atoms with E-state index in [1.165, 1.54) is 6.07 Å². The number of nitro groups is 1. The van der Waals surface area contributed by atoms with Crippen molar-refractivity contribution in [2.45, 2.75) is 19.8 Å². The van der Waals surface area contributed by atoms with Gasteiger partial charge in [0.2, 0.25) is 0 Å². The van der Waals surface area contributed by atoms with Gasteiger partial charge in [-0.05, 0) is 31.4 Å². The maximum absolute atomic E-state index is 11.8. The van der Waals surface area contributed by atoms with Crippen LogP contribution in [0.2, 0.25) is 0 Å². The number of benzene rings is 1. The lowest BCUT2D eigenvalue weighted by Gasteiger charge is -2.05. The van der Waals surface area contributed by atoms with Gasteiger partial charge >= 0.3 is 0 Å². The Hall–Kier alpha value is -2.60. The van der Waals surface area contributed by atoms with E-state index in [9.17, 15) is 14.9 Å². The molecule has 0 saturated carbocycles. The van der Waals surface area contributed by atoms with Crippen molar-refractivity contribution in [3.63, 3.8) is 0 Å². The summed E-state index contributed by atoms with van der Waals surface area (Å²) in [6, 6.07) is 4.37. The maximum Gasteiger partial charge on any atom is 0.273 e. The highest BCUT2D eigenvalue weighted by molar-refractivity contribution is 5.94. The Kier molecular flexibility index (Phi) is 5.99. The Bertz CT molecular complexity index is 552. The molecule has 8 heteroatoms. The van der Waals surface area contributed by atoms with Crippen LogP contribution >= 0.6 is 0 Å². The summed E-state index contributed by atoms with van der Waals surface area (Å²) in [5, 5.41) is 16.8. The normalized spacial score (nSPS) is 9.65. The van der Waals surface area contributed by atoms with Crippen molar-refractivity contribution in [2.24, 2.45) is 5.11 Å². The lowest BCUT2D eigenvalue weighted by molar-refractivity contribution is -0.385. The highest BCUT2D eigenvalue weighted by Gasteiger charge is 2.14. The summed E-state index contributed by atoms with van der Waals surface area (Å²) >= 11 is 0. The van der Waals surface area contributed by atoms with E-state index in [2.05, 4.69) is 15.3 Å². The van der Waals surface area contributed by atoms with E-state index >= 15 is 0 Å². The van der Waals surface area contributed by atoms with Gasteiger partial charge in [-0.15, -0.1) is 0 Å². The van der Waals surface area contributed by atoms with Gasteiger partial charge in [-0.25, -0.2) is 0 Å². The molecule has 1 aromatic carbocycles. The Morgan fingerprint density at radius 3 is 2.90 bits per heavy atom. The number of azide groups is 1. The number of unbranched alkanes of at least 4 members (excludes halogenated alkanes) is 1. The molecule has 0 saturated heterocycles. The lowest BCUT2D eigenvalue weighted by atomic mass is 10.1. The summed E-state index contributed by atoms with van der Waals surface area (Å²) in [6.07, 6.45) is 1.36. The molecule has 0 aliphatic rings. The minimum atomic E-state index is -0.508. The summed E-state index contributed by atoms with van der Waals surface area (Å²) in [4.78, 5) is 24.7. The fraction of sp³-hybridized carbons (Fsp3) is 0.417. The fourth-order valence-corrected chi connectivity index (χ4v) is 1.60. The second kappa shape index (κ2) is 7.75. The topological polar surface area (TPSA) is 121 Å². The second-order valence-electron chi connectivity index (χ2n) is 4.18. The maximum atomic E-state index is 11.8. The molecular formula is C12H15N5O3. The highest BCUT2D eigenvalue weighted by Crippen LogP contribution is 2.19. The molecule has 0 aliphatic heterocycles. The van der Waals surface area contributed by atoms with Crippen LogP contribution in [0.1, 0.15) is 28.8 Å². The van der Waals surface area contributed by atoms with Gasteiger partial charge in [-0.3, -0.25) is 14.9 Å². The number of nitrogens with one attached hydrogen (secondary N) is 1. The van der Waals surface area contributed by atoms with Gasteiger partial charge in [0, 0.05) is 35.2 Å². The number of aryl methyl sites for hydroxylation is 1. The summed E-state index contributed by atoms with van der Waals surface area (Å²) in [6.45, 7) is 2.44. The van der Waals surface area contributed by atoms with Crippen LogP contribution in [-0.4, -0.2) is 23.9 Å². The first-order chi connectivity index (χ1) is 9.56. The van der Waals surface area contributed by atoms with Gasteiger partial charge in [0.1, 0.15) is 0 Å². The number of nitro benzene ring substituents is 1. The monoisotopic (exact) mass is 277 g/mol. The average molecular weight is 277 g/mol. The Morgan fingerprint density at radius 1 is 1.50 bits per heavy atom. The fourth-order valence-electron chi connectivity index (χ4n) is 1.60. The van der Waals surface area contributed by atoms with E-state index in [-0.39, 0.29) is 17.2 Å². The van der Waals surface area contributed by atoms with Crippen molar-refractivity contribution in [1.82, 2.24) is 5.32 Å². The predicted octanol–water partition coefficient (Wildman–Crippen LogP) is 2.72. The number of hydrogen-bond donors (Lipinski definition) is 1. The van der Waals surface area contributed by atoms with Gasteiger partial charge in [0.15, 0.2) is 0 Å². The van der Waals surface area contributed by atoms with Crippen molar-refractivity contribution in [3.8, 4) is 0 Å². The number of amides is 1. The van der Waals surface area contributed by atoms with E-state index in [0.29, 0.717) is 31.5 Å². The van der Waals surface area contributed by atoms with Crippen LogP contribution in [0.5, 0.6) is 0 Å². The standard InChI is InChI=1S/C12H15N5O3/c1-9-4-5-10(8-11(9)17(19)20)12(18)14-6-2-3-7-15-16-13/h4-5,8H,2-3,6-7H2,1H3,(H,14,18). The van der Waals surface area contributed by atoms with Gasteiger partial charge in [0.25, 0.3) is 11.6 Å². The zero-order valence-electron chi connectivity index (χ0n) is 11.1. The average Bonchev–Trinajstić information content (AvgIpc) is 2.42. The van der Waals surface area contributed by atoms with Crippen LogP contribution < -0.4 is 5.32 Å². The molecule has 0 fully saturated rings. The predicted molar refractivity (Wildman–Crippen MR) is 73.4 cm³/mol. The zero-order valence-corrected chi connectivity index (χ0v) is 11.1. The molecule has 0 heterocycles. The minimum Gasteiger partial charge on any atom is -0.352 e. The lowest BCUT2D eigenvalue weighted by Crippen LogP contribution is -2.24. The molecule has 0 atom stereocenters. The molecule has 0 spiro atoms. The van der Waals surface area contributed by atoms with E-state index in [0.717, 1.165) is 0 Å². The number of nitrogens with zero attached hydrogens (tertiary/aromatic N) is 4. The van der Waals surface area contributed by atoms with Crippen LogP contribution in [-0.2, 0) is 0 Å². The SMILES string of the molecule is Cc1ccc(C(=O)NCCCCN=[N+]=[N-])cc1[N+](=O)[O-]. The molecule has 20 heavy (non-hydrogen) atoms. The highest BCUT2D eigenvalue weighted by atomic mass is 16.6. The number of hydrogen-bond acceptors (Lipinski definition) is 4. The Labute approximate surface area is 115 Å². The van der Waals surface area contributed by atoms with Crippen molar-refractivity contribution in [2.75, 3.05) is 13.1 Å². The van der Waals surface area contributed by atoms with Gasteiger partial charge in [0.05, 0.1) is 4.92 Å². The van der Waals surface area contributed by atoms with Crippen molar-refractivity contribution < 1.29 is 9.72 Å². The van der Waals surface area contributed by atoms with E-state index in [1.807, 2.05) is 0 Å². The first-order valence-electron chi connectivity index (χ1n) is 6.10. The molecule has 1 N–H and O–H groups in total. The minimum absolute atomic E-state index is 0.0685. The third kappa shape index (κ3) is 4.58. The third-order valence-electron chi connectivity index (χ3n) is 2.70. The van der Waals surface area contributed by atoms with Gasteiger partial charge in [-0.2, -0.15) is 0 Å². The van der Waals surface area contributed by atoms with E-state index in [1.54, 1.807) is 19.1 Å². The molecule has 8 nitrogen and oxygen atoms in total. The van der Waals surface area contributed by atoms with Crippen molar-refractivity contribution in [3.05, 3.63) is 49.9 Å². The molecule has 0 radical (unpaired) electrons. The molecular weight excluding hydrogens is 262 g/mol. The summed E-state index contributed by atoms with van der Waals surface area (Å²) in [5.41, 5.74) is 8.79. The summed E-state index contributed by atoms with van der Waals surface area (Å²) in [7, 11) is 0. The molecule has 1 amide bonds. The smallest absolute Gasteiger partial charge is 0.273 e. The Morgan fingerprint density at radius 2 is 2.25 bits per heavy atom. The molecule has 0 bridgehead atoms. The quantitative estimate of drug-likeness (QED) is 0.206. The third-order valence-corrected chi connectivity index (χ3v) is 2.70. The molecule has 0 unspecified atom stereocenters.